The maximum absolute atomic E-state index is 11.5. The molecule has 0 spiro atoms. The standard InChI is InChI=1S/C14H13NO5/c1-8(16)20-9-6-12-10(13(7-9)18-2)4-5-11(15-12)14(17)19-3/h4-7H,1-3H3. The van der Waals surface area contributed by atoms with E-state index in [0.717, 1.165) is 0 Å². The number of methoxy groups -OCH3 is 2. The molecule has 0 amide bonds. The molecule has 1 aromatic heterocycles. The first-order valence-electron chi connectivity index (χ1n) is 5.80. The molecule has 0 unspecified atom stereocenters. The van der Waals surface area contributed by atoms with Crippen LogP contribution in [0.15, 0.2) is 24.3 Å². The average Bonchev–Trinajstić information content (AvgIpc) is 2.44. The molecule has 2 aromatic rings. The van der Waals surface area contributed by atoms with Crippen molar-refractivity contribution in [2.24, 2.45) is 0 Å². The minimum Gasteiger partial charge on any atom is -0.496 e. The summed E-state index contributed by atoms with van der Waals surface area (Å²) in [6, 6.07) is 6.39. The highest BCUT2D eigenvalue weighted by Crippen LogP contribution is 2.30. The first-order valence-corrected chi connectivity index (χ1v) is 5.80. The third kappa shape index (κ3) is 2.69. The van der Waals surface area contributed by atoms with Crippen molar-refractivity contribution < 1.29 is 23.8 Å². The van der Waals surface area contributed by atoms with Gasteiger partial charge in [-0.15, -0.1) is 0 Å². The molecular weight excluding hydrogens is 262 g/mol. The van der Waals surface area contributed by atoms with E-state index in [1.54, 1.807) is 24.3 Å². The molecule has 20 heavy (non-hydrogen) atoms. The number of pyridine rings is 1. The predicted molar refractivity (Wildman–Crippen MR) is 70.9 cm³/mol. The van der Waals surface area contributed by atoms with Crippen LogP contribution < -0.4 is 9.47 Å². The number of rotatable bonds is 3. The molecule has 0 aliphatic carbocycles. The monoisotopic (exact) mass is 275 g/mol. The van der Waals surface area contributed by atoms with Crippen molar-refractivity contribution in [1.82, 2.24) is 4.98 Å². The summed E-state index contributed by atoms with van der Waals surface area (Å²) in [5.74, 6) is -0.182. The van der Waals surface area contributed by atoms with Crippen molar-refractivity contribution in [2.75, 3.05) is 14.2 Å². The largest absolute Gasteiger partial charge is 0.496 e. The highest BCUT2D eigenvalue weighted by atomic mass is 16.5. The van der Waals surface area contributed by atoms with E-state index < -0.39 is 11.9 Å². The summed E-state index contributed by atoms with van der Waals surface area (Å²) in [6.45, 7) is 1.30. The molecule has 1 aromatic carbocycles. The summed E-state index contributed by atoms with van der Waals surface area (Å²) < 4.78 is 14.9. The Bertz CT molecular complexity index is 681. The zero-order valence-electron chi connectivity index (χ0n) is 11.3. The summed E-state index contributed by atoms with van der Waals surface area (Å²) in [5.41, 5.74) is 0.644. The van der Waals surface area contributed by atoms with E-state index in [0.29, 0.717) is 22.4 Å². The number of aromatic nitrogens is 1. The van der Waals surface area contributed by atoms with Crippen LogP contribution in [0.25, 0.3) is 10.9 Å². The number of carbonyl (C=O) groups is 2. The summed E-state index contributed by atoms with van der Waals surface area (Å²) in [5, 5.41) is 0.705. The molecule has 0 bridgehead atoms. The van der Waals surface area contributed by atoms with E-state index in [4.69, 9.17) is 9.47 Å². The Morgan fingerprint density at radius 1 is 1.15 bits per heavy atom. The lowest BCUT2D eigenvalue weighted by molar-refractivity contribution is -0.131. The average molecular weight is 275 g/mol. The van der Waals surface area contributed by atoms with Crippen LogP contribution in [0.1, 0.15) is 17.4 Å². The summed E-state index contributed by atoms with van der Waals surface area (Å²) >= 11 is 0. The number of hydrogen-bond acceptors (Lipinski definition) is 6. The minimum absolute atomic E-state index is 0.169. The number of fused-ring (bicyclic) bond motifs is 1. The Balaban J connectivity index is 2.59. The number of benzene rings is 1. The highest BCUT2D eigenvalue weighted by molar-refractivity contribution is 5.93. The lowest BCUT2D eigenvalue weighted by atomic mass is 10.1. The summed E-state index contributed by atoms with van der Waals surface area (Å²) in [7, 11) is 2.78. The van der Waals surface area contributed by atoms with E-state index in [9.17, 15) is 9.59 Å². The van der Waals surface area contributed by atoms with E-state index in [2.05, 4.69) is 9.72 Å². The Morgan fingerprint density at radius 2 is 1.90 bits per heavy atom. The van der Waals surface area contributed by atoms with Gasteiger partial charge in [0, 0.05) is 24.4 Å². The Kier molecular flexibility index (Phi) is 3.84. The number of carbonyl (C=O) groups excluding carboxylic acids is 2. The number of ether oxygens (including phenoxy) is 3. The third-order valence-corrected chi connectivity index (χ3v) is 2.62. The number of nitrogens with zero attached hydrogens (tertiary/aromatic N) is 1. The van der Waals surface area contributed by atoms with E-state index in [1.807, 2.05) is 0 Å². The molecule has 0 aliphatic heterocycles. The van der Waals surface area contributed by atoms with Crippen molar-refractivity contribution in [2.45, 2.75) is 6.92 Å². The fourth-order valence-electron chi connectivity index (χ4n) is 1.79. The van der Waals surface area contributed by atoms with Gasteiger partial charge in [-0.1, -0.05) is 0 Å². The van der Waals surface area contributed by atoms with Crippen molar-refractivity contribution in [3.8, 4) is 11.5 Å². The topological polar surface area (TPSA) is 74.7 Å². The molecule has 2 rings (SSSR count). The van der Waals surface area contributed by atoms with Crippen LogP contribution >= 0.6 is 0 Å². The molecule has 1 heterocycles. The van der Waals surface area contributed by atoms with Crippen LogP contribution in [0.4, 0.5) is 0 Å². The van der Waals surface area contributed by atoms with Gasteiger partial charge in [-0.2, -0.15) is 0 Å². The maximum Gasteiger partial charge on any atom is 0.356 e. The van der Waals surface area contributed by atoms with E-state index in [-0.39, 0.29) is 5.69 Å². The first-order chi connectivity index (χ1) is 9.55. The van der Waals surface area contributed by atoms with Crippen molar-refractivity contribution in [3.63, 3.8) is 0 Å². The smallest absolute Gasteiger partial charge is 0.356 e. The Labute approximate surface area is 115 Å². The second-order valence-electron chi connectivity index (χ2n) is 3.97. The van der Waals surface area contributed by atoms with Crippen LogP contribution in [0.3, 0.4) is 0 Å². The van der Waals surface area contributed by atoms with Gasteiger partial charge in [-0.3, -0.25) is 4.79 Å². The molecule has 0 radical (unpaired) electrons. The van der Waals surface area contributed by atoms with Crippen molar-refractivity contribution in [3.05, 3.63) is 30.0 Å². The molecule has 0 saturated heterocycles. The second-order valence-corrected chi connectivity index (χ2v) is 3.97. The molecule has 0 N–H and O–H groups in total. The van der Waals surface area contributed by atoms with Gasteiger partial charge in [0.05, 0.1) is 19.7 Å². The SMILES string of the molecule is COC(=O)c1ccc2c(OC)cc(OC(C)=O)cc2n1. The quantitative estimate of drug-likeness (QED) is 0.629. The van der Waals surface area contributed by atoms with Gasteiger partial charge in [0.15, 0.2) is 0 Å². The molecule has 0 saturated carbocycles. The van der Waals surface area contributed by atoms with Gasteiger partial charge >= 0.3 is 11.9 Å². The van der Waals surface area contributed by atoms with Gasteiger partial charge in [0.1, 0.15) is 17.2 Å². The zero-order chi connectivity index (χ0) is 14.7. The van der Waals surface area contributed by atoms with Gasteiger partial charge in [0.25, 0.3) is 0 Å². The lowest BCUT2D eigenvalue weighted by Crippen LogP contribution is -2.05. The van der Waals surface area contributed by atoms with Crippen LogP contribution in [-0.4, -0.2) is 31.1 Å². The molecule has 6 nitrogen and oxygen atoms in total. The number of esters is 2. The van der Waals surface area contributed by atoms with Crippen LogP contribution in [0, 0.1) is 0 Å². The van der Waals surface area contributed by atoms with Crippen LogP contribution in [0.2, 0.25) is 0 Å². The molecule has 6 heteroatoms. The molecule has 104 valence electrons. The number of hydrogen-bond donors (Lipinski definition) is 0. The van der Waals surface area contributed by atoms with Gasteiger partial charge in [0.2, 0.25) is 0 Å². The zero-order valence-corrected chi connectivity index (χ0v) is 11.3. The normalized spacial score (nSPS) is 10.2. The van der Waals surface area contributed by atoms with E-state index >= 15 is 0 Å². The Morgan fingerprint density at radius 3 is 2.50 bits per heavy atom. The van der Waals surface area contributed by atoms with Crippen LogP contribution in [0.5, 0.6) is 11.5 Å². The van der Waals surface area contributed by atoms with Gasteiger partial charge in [-0.05, 0) is 12.1 Å². The maximum atomic E-state index is 11.5. The fraction of sp³-hybridized carbons (Fsp3) is 0.214. The molecule has 0 atom stereocenters. The molecular formula is C14H13NO5. The molecule has 0 fully saturated rings. The van der Waals surface area contributed by atoms with Gasteiger partial charge < -0.3 is 14.2 Å². The minimum atomic E-state index is -0.538. The van der Waals surface area contributed by atoms with E-state index in [1.165, 1.54) is 21.1 Å². The second kappa shape index (κ2) is 5.56. The highest BCUT2D eigenvalue weighted by Gasteiger charge is 2.12. The van der Waals surface area contributed by atoms with Crippen LogP contribution in [-0.2, 0) is 9.53 Å². The summed E-state index contributed by atoms with van der Waals surface area (Å²) in [4.78, 5) is 26.7. The van der Waals surface area contributed by atoms with Crippen molar-refractivity contribution in [1.29, 1.82) is 0 Å². The fourth-order valence-corrected chi connectivity index (χ4v) is 1.79. The molecule has 0 aliphatic rings. The third-order valence-electron chi connectivity index (χ3n) is 2.62. The van der Waals surface area contributed by atoms with Crippen molar-refractivity contribution >= 4 is 22.8 Å². The van der Waals surface area contributed by atoms with Gasteiger partial charge in [-0.25, -0.2) is 9.78 Å². The summed E-state index contributed by atoms with van der Waals surface area (Å²) in [6.07, 6.45) is 0. The Hall–Kier alpha value is -2.63. The first kappa shape index (κ1) is 13.8. The predicted octanol–water partition coefficient (Wildman–Crippen LogP) is 1.96. The lowest BCUT2D eigenvalue weighted by Gasteiger charge is -2.09.